The second-order valence-electron chi connectivity index (χ2n) is 9.98. The molecule has 1 aliphatic rings. The van der Waals surface area contributed by atoms with Crippen molar-refractivity contribution in [1.29, 1.82) is 0 Å². The predicted octanol–water partition coefficient (Wildman–Crippen LogP) is 6.76. The van der Waals surface area contributed by atoms with E-state index in [4.69, 9.17) is 14.5 Å². The third-order valence-electron chi connectivity index (χ3n) is 6.22. The van der Waals surface area contributed by atoms with Crippen LogP contribution in [-0.4, -0.2) is 50.5 Å². The van der Waals surface area contributed by atoms with Crippen molar-refractivity contribution in [2.75, 3.05) is 12.8 Å². The number of carbonyl (C=O) groups excluding carboxylic acids is 1. The minimum Gasteiger partial charge on any atom is -0.444 e. The molecule has 0 N–H and O–H groups in total. The Morgan fingerprint density at radius 1 is 1.11 bits per heavy atom. The molecule has 0 saturated carbocycles. The molecule has 0 bridgehead atoms. The lowest BCUT2D eigenvalue weighted by atomic mass is 10.0. The zero-order valence-corrected chi connectivity index (χ0v) is 22.3. The maximum atomic E-state index is 13.3. The van der Waals surface area contributed by atoms with E-state index in [1.54, 1.807) is 55.6 Å². The number of para-hydroxylation sites is 1. The van der Waals surface area contributed by atoms with Gasteiger partial charge in [0.15, 0.2) is 0 Å². The van der Waals surface area contributed by atoms with Gasteiger partial charge in [0.1, 0.15) is 17.2 Å². The van der Waals surface area contributed by atoms with Crippen LogP contribution in [0.15, 0.2) is 65.8 Å². The van der Waals surface area contributed by atoms with E-state index < -0.39 is 24.3 Å². The van der Waals surface area contributed by atoms with Crippen molar-refractivity contribution in [1.82, 2.24) is 19.4 Å². The van der Waals surface area contributed by atoms with Crippen molar-refractivity contribution in [3.63, 3.8) is 0 Å². The maximum absolute atomic E-state index is 13.3. The number of aromatic nitrogens is 3. The number of carbonyl (C=O) groups is 1. The number of benzene rings is 2. The SMILES string of the molecule is CSc1ccc(-c2ccc3nc4n(c3c2)C(c2ccccc2OC(F)F)CN(C(=O)OC(C)(C)C)C4)cn1. The highest BCUT2D eigenvalue weighted by Crippen LogP contribution is 2.38. The van der Waals surface area contributed by atoms with Gasteiger partial charge in [0.05, 0.1) is 28.6 Å². The molecule has 1 atom stereocenters. The Bertz CT molecular complexity index is 1470. The molecule has 4 aromatic rings. The minimum atomic E-state index is -2.98. The molecule has 2 aromatic heterocycles. The summed E-state index contributed by atoms with van der Waals surface area (Å²) >= 11 is 1.57. The number of halogens is 2. The number of thioether (sulfide) groups is 1. The number of pyridine rings is 1. The second kappa shape index (κ2) is 10.2. The fraction of sp³-hybridized carbons (Fsp3) is 0.321. The number of alkyl halides is 2. The Morgan fingerprint density at radius 2 is 1.87 bits per heavy atom. The van der Waals surface area contributed by atoms with Crippen LogP contribution < -0.4 is 4.74 Å². The number of nitrogens with zero attached hydrogens (tertiary/aromatic N) is 4. The van der Waals surface area contributed by atoms with E-state index >= 15 is 0 Å². The van der Waals surface area contributed by atoms with Gasteiger partial charge in [-0.2, -0.15) is 8.78 Å². The second-order valence-corrected chi connectivity index (χ2v) is 10.8. The van der Waals surface area contributed by atoms with Crippen LogP contribution in [0.5, 0.6) is 5.75 Å². The standard InChI is InChI=1S/C28H28F2N4O3S/c1-28(2,3)37-27(35)33-15-22(19-7-5-6-8-23(19)36-26(29)30)34-21-13-17(9-11-20(21)32-24(34)16-33)18-10-12-25(38-4)31-14-18/h5-14,22,26H,15-16H2,1-4H3. The average Bonchev–Trinajstić information content (AvgIpc) is 3.25. The summed E-state index contributed by atoms with van der Waals surface area (Å²) in [5.74, 6) is 0.682. The normalized spacial score (nSPS) is 15.6. The Morgan fingerprint density at radius 3 is 2.55 bits per heavy atom. The largest absolute Gasteiger partial charge is 0.444 e. The zero-order valence-electron chi connectivity index (χ0n) is 21.5. The smallest absolute Gasteiger partial charge is 0.410 e. The molecular formula is C28H28F2N4O3S. The molecule has 1 unspecified atom stereocenters. The van der Waals surface area contributed by atoms with E-state index in [0.29, 0.717) is 11.4 Å². The third kappa shape index (κ3) is 5.31. The Kier molecular flexibility index (Phi) is 7.00. The highest BCUT2D eigenvalue weighted by Gasteiger charge is 2.35. The van der Waals surface area contributed by atoms with Crippen LogP contribution in [0.3, 0.4) is 0 Å². The summed E-state index contributed by atoms with van der Waals surface area (Å²) in [4.78, 5) is 23.9. The summed E-state index contributed by atoms with van der Waals surface area (Å²) in [5.41, 5.74) is 3.30. The molecule has 2 aromatic carbocycles. The lowest BCUT2D eigenvalue weighted by Gasteiger charge is -2.36. The first-order valence-electron chi connectivity index (χ1n) is 12.2. The van der Waals surface area contributed by atoms with Crippen LogP contribution in [0.2, 0.25) is 0 Å². The molecule has 198 valence electrons. The van der Waals surface area contributed by atoms with Gasteiger partial charge in [-0.05, 0) is 56.9 Å². The first-order valence-corrected chi connectivity index (χ1v) is 13.4. The monoisotopic (exact) mass is 538 g/mol. The quantitative estimate of drug-likeness (QED) is 0.262. The van der Waals surface area contributed by atoms with Crippen LogP contribution in [0.1, 0.15) is 38.2 Å². The predicted molar refractivity (Wildman–Crippen MR) is 143 cm³/mol. The molecule has 0 fully saturated rings. The van der Waals surface area contributed by atoms with E-state index in [1.165, 1.54) is 6.07 Å². The number of imidazole rings is 1. The molecule has 0 saturated heterocycles. The Hall–Kier alpha value is -3.66. The number of hydrogen-bond acceptors (Lipinski definition) is 6. The van der Waals surface area contributed by atoms with Gasteiger partial charge in [-0.15, -0.1) is 11.8 Å². The first-order chi connectivity index (χ1) is 18.1. The number of fused-ring (bicyclic) bond motifs is 3. The van der Waals surface area contributed by atoms with Crippen molar-refractivity contribution >= 4 is 28.9 Å². The van der Waals surface area contributed by atoms with Gasteiger partial charge < -0.3 is 14.0 Å². The molecule has 1 amide bonds. The van der Waals surface area contributed by atoms with Crippen LogP contribution in [0, 0.1) is 0 Å². The average molecular weight is 539 g/mol. The number of hydrogen-bond donors (Lipinski definition) is 0. The molecule has 0 aliphatic carbocycles. The van der Waals surface area contributed by atoms with Gasteiger partial charge in [0, 0.05) is 23.9 Å². The highest BCUT2D eigenvalue weighted by molar-refractivity contribution is 7.98. The van der Waals surface area contributed by atoms with E-state index in [9.17, 15) is 13.6 Å². The topological polar surface area (TPSA) is 69.5 Å². The summed E-state index contributed by atoms with van der Waals surface area (Å²) in [6, 6.07) is 16.0. The third-order valence-corrected chi connectivity index (χ3v) is 6.88. The maximum Gasteiger partial charge on any atom is 0.410 e. The van der Waals surface area contributed by atoms with Crippen LogP contribution in [-0.2, 0) is 11.3 Å². The highest BCUT2D eigenvalue weighted by atomic mass is 32.2. The zero-order chi connectivity index (χ0) is 27.0. The summed E-state index contributed by atoms with van der Waals surface area (Å²) in [6.07, 6.45) is 3.31. The van der Waals surface area contributed by atoms with E-state index in [1.807, 2.05) is 47.4 Å². The molecule has 10 heteroatoms. The number of amides is 1. The van der Waals surface area contributed by atoms with Crippen molar-refractivity contribution in [2.24, 2.45) is 0 Å². The Labute approximate surface area is 223 Å². The molecule has 0 spiro atoms. The molecule has 3 heterocycles. The van der Waals surface area contributed by atoms with Crippen molar-refractivity contribution in [3.05, 3.63) is 72.2 Å². The minimum absolute atomic E-state index is 0.0550. The fourth-order valence-electron chi connectivity index (χ4n) is 4.64. The van der Waals surface area contributed by atoms with Gasteiger partial charge >= 0.3 is 12.7 Å². The molecule has 38 heavy (non-hydrogen) atoms. The summed E-state index contributed by atoms with van der Waals surface area (Å²) in [7, 11) is 0. The van der Waals surface area contributed by atoms with Crippen molar-refractivity contribution in [3.8, 4) is 16.9 Å². The van der Waals surface area contributed by atoms with Crippen LogP contribution >= 0.6 is 11.8 Å². The van der Waals surface area contributed by atoms with Gasteiger partial charge in [-0.25, -0.2) is 14.8 Å². The summed E-state index contributed by atoms with van der Waals surface area (Å²) in [6.45, 7) is 2.84. The van der Waals surface area contributed by atoms with Gasteiger partial charge in [-0.1, -0.05) is 30.3 Å². The van der Waals surface area contributed by atoms with E-state index in [2.05, 4.69) is 4.98 Å². The molecular weight excluding hydrogens is 510 g/mol. The number of ether oxygens (including phenoxy) is 2. The van der Waals surface area contributed by atoms with E-state index in [0.717, 1.165) is 27.2 Å². The molecule has 7 nitrogen and oxygen atoms in total. The van der Waals surface area contributed by atoms with Gasteiger partial charge in [0.2, 0.25) is 0 Å². The Balaban J connectivity index is 1.64. The first kappa shape index (κ1) is 26.0. The lowest BCUT2D eigenvalue weighted by Crippen LogP contribution is -2.44. The van der Waals surface area contributed by atoms with Crippen LogP contribution in [0.25, 0.3) is 22.2 Å². The van der Waals surface area contributed by atoms with Gasteiger partial charge in [-0.3, -0.25) is 4.90 Å². The molecule has 0 radical (unpaired) electrons. The van der Waals surface area contributed by atoms with E-state index in [-0.39, 0.29) is 18.8 Å². The van der Waals surface area contributed by atoms with Gasteiger partial charge in [0.25, 0.3) is 0 Å². The van der Waals surface area contributed by atoms with Crippen LogP contribution in [0.4, 0.5) is 13.6 Å². The molecule has 5 rings (SSSR count). The fourth-order valence-corrected chi connectivity index (χ4v) is 5.00. The summed E-state index contributed by atoms with van der Waals surface area (Å²) in [5, 5.41) is 0.925. The van der Waals surface area contributed by atoms with Crippen molar-refractivity contribution < 1.29 is 23.0 Å². The number of rotatable bonds is 5. The summed E-state index contributed by atoms with van der Waals surface area (Å²) < 4.78 is 39.1. The lowest BCUT2D eigenvalue weighted by molar-refractivity contribution is -0.0509. The van der Waals surface area contributed by atoms with Crippen molar-refractivity contribution in [2.45, 2.75) is 50.6 Å². The molecule has 1 aliphatic heterocycles.